The summed E-state index contributed by atoms with van der Waals surface area (Å²) in [4.78, 5) is 16.8. The molecule has 2 heterocycles. The molecule has 5 heteroatoms. The molecule has 0 saturated carbocycles. The van der Waals surface area contributed by atoms with Crippen LogP contribution in [0.15, 0.2) is 72.9 Å². The second-order valence-electron chi connectivity index (χ2n) is 6.69. The van der Waals surface area contributed by atoms with E-state index in [2.05, 4.69) is 26.4 Å². The lowest BCUT2D eigenvalue weighted by Gasteiger charge is -2.27. The van der Waals surface area contributed by atoms with Crippen molar-refractivity contribution in [1.82, 2.24) is 4.98 Å². The molecule has 1 fully saturated rings. The van der Waals surface area contributed by atoms with E-state index in [9.17, 15) is 4.79 Å². The zero-order valence-electron chi connectivity index (χ0n) is 16.0. The second kappa shape index (κ2) is 9.31. The fraction of sp³-hybridized carbons (Fsp3) is 0.167. The molecular weight excluding hydrogens is 378 g/mol. The lowest BCUT2D eigenvalue weighted by Crippen LogP contribution is -2.21. The summed E-state index contributed by atoms with van der Waals surface area (Å²) in [7, 11) is 0. The van der Waals surface area contributed by atoms with Gasteiger partial charge < -0.3 is 9.62 Å². The molecule has 0 spiro atoms. The third-order valence-electron chi connectivity index (χ3n) is 4.54. The van der Waals surface area contributed by atoms with Crippen molar-refractivity contribution in [3.05, 3.63) is 89.7 Å². The number of carbonyl (C=O) groups is 1. The van der Waals surface area contributed by atoms with Crippen LogP contribution in [0, 0.1) is 11.8 Å². The molecule has 144 valence electrons. The van der Waals surface area contributed by atoms with Crippen molar-refractivity contribution in [2.45, 2.75) is 12.8 Å². The zero-order valence-corrected chi connectivity index (χ0v) is 16.8. The molecule has 0 bridgehead atoms. The summed E-state index contributed by atoms with van der Waals surface area (Å²) < 4.78 is 2.30. The smallest absolute Gasteiger partial charge is 0.255 e. The van der Waals surface area contributed by atoms with Gasteiger partial charge in [-0.05, 0) is 85.3 Å². The first kappa shape index (κ1) is 19.1. The molecule has 0 radical (unpaired) electrons. The number of rotatable bonds is 3. The maximum absolute atomic E-state index is 12.6. The Balaban J connectivity index is 1.42. The van der Waals surface area contributed by atoms with Gasteiger partial charge in [0, 0.05) is 41.0 Å². The second-order valence-corrected chi connectivity index (χ2v) is 7.80. The Morgan fingerprint density at radius 2 is 1.90 bits per heavy atom. The van der Waals surface area contributed by atoms with Gasteiger partial charge in [0.15, 0.2) is 0 Å². The number of hydrogen-bond donors (Lipinski definition) is 1. The highest BCUT2D eigenvalue weighted by Gasteiger charge is 2.13. The fourth-order valence-electron chi connectivity index (χ4n) is 3.03. The highest BCUT2D eigenvalue weighted by Crippen LogP contribution is 2.27. The molecular formula is C24H21N3OS. The van der Waals surface area contributed by atoms with E-state index in [4.69, 9.17) is 0 Å². The maximum Gasteiger partial charge on any atom is 0.255 e. The number of nitrogens with one attached hydrogen (secondary N) is 1. The number of aromatic nitrogens is 1. The van der Waals surface area contributed by atoms with Crippen LogP contribution in [0.1, 0.15) is 34.5 Å². The van der Waals surface area contributed by atoms with Crippen molar-refractivity contribution < 1.29 is 4.79 Å². The van der Waals surface area contributed by atoms with Crippen LogP contribution >= 0.6 is 11.9 Å². The van der Waals surface area contributed by atoms with Crippen LogP contribution in [-0.2, 0) is 0 Å². The summed E-state index contributed by atoms with van der Waals surface area (Å²) >= 11 is 1.85. The van der Waals surface area contributed by atoms with Crippen LogP contribution in [0.2, 0.25) is 0 Å². The maximum atomic E-state index is 12.6. The molecule has 1 N–H and O–H groups in total. The van der Waals surface area contributed by atoms with Gasteiger partial charge in [0.25, 0.3) is 5.91 Å². The quantitative estimate of drug-likeness (QED) is 0.498. The largest absolute Gasteiger partial charge is 0.322 e. The van der Waals surface area contributed by atoms with Crippen LogP contribution < -0.4 is 9.62 Å². The monoisotopic (exact) mass is 399 g/mol. The predicted octanol–water partition coefficient (Wildman–Crippen LogP) is 4.98. The summed E-state index contributed by atoms with van der Waals surface area (Å²) in [6.45, 7) is 1.06. The zero-order chi connectivity index (χ0) is 19.9. The van der Waals surface area contributed by atoms with E-state index in [1.165, 1.54) is 12.8 Å². The standard InChI is InChI=1S/C24H21N3OS/c28-24(20-10-13-23(14-11-20)27-16-3-4-17-29-27)26-22-8-5-6-19(18-22)9-12-21-7-1-2-15-25-21/h1-2,5-8,10-11,13-15,18H,3-4,16-17H2,(H,26,28). The molecule has 1 saturated heterocycles. The predicted molar refractivity (Wildman–Crippen MR) is 120 cm³/mol. The molecule has 0 aliphatic carbocycles. The first-order valence-corrected chi connectivity index (χ1v) is 10.6. The highest BCUT2D eigenvalue weighted by molar-refractivity contribution is 8.00. The number of nitrogens with zero attached hydrogens (tertiary/aromatic N) is 2. The number of benzene rings is 2. The SMILES string of the molecule is O=C(Nc1cccc(C#Cc2ccccn2)c1)c1ccc(N2CCCCS2)cc1. The summed E-state index contributed by atoms with van der Waals surface area (Å²) in [6, 6.07) is 21.0. The molecule has 1 aliphatic rings. The van der Waals surface area contributed by atoms with Gasteiger partial charge in [-0.15, -0.1) is 0 Å². The fourth-order valence-corrected chi connectivity index (χ4v) is 4.11. The highest BCUT2D eigenvalue weighted by atomic mass is 32.2. The Morgan fingerprint density at radius 1 is 1.00 bits per heavy atom. The summed E-state index contributed by atoms with van der Waals surface area (Å²) in [5.74, 6) is 7.14. The van der Waals surface area contributed by atoms with Crippen molar-refractivity contribution in [1.29, 1.82) is 0 Å². The minimum Gasteiger partial charge on any atom is -0.322 e. The van der Waals surface area contributed by atoms with Crippen LogP contribution in [0.4, 0.5) is 11.4 Å². The van der Waals surface area contributed by atoms with E-state index >= 15 is 0 Å². The van der Waals surface area contributed by atoms with Crippen molar-refractivity contribution >= 4 is 29.2 Å². The van der Waals surface area contributed by atoms with Crippen molar-refractivity contribution in [2.24, 2.45) is 0 Å². The molecule has 1 aromatic heterocycles. The molecule has 1 aliphatic heterocycles. The summed E-state index contributed by atoms with van der Waals surface area (Å²) in [5, 5.41) is 2.95. The minimum atomic E-state index is -0.127. The molecule has 1 amide bonds. The van der Waals surface area contributed by atoms with Crippen molar-refractivity contribution in [3.8, 4) is 11.8 Å². The van der Waals surface area contributed by atoms with Gasteiger partial charge in [-0.2, -0.15) is 0 Å². The number of carbonyl (C=O) groups excluding carboxylic acids is 1. The van der Waals surface area contributed by atoms with E-state index in [-0.39, 0.29) is 5.91 Å². The van der Waals surface area contributed by atoms with Gasteiger partial charge in [-0.1, -0.05) is 18.1 Å². The van der Waals surface area contributed by atoms with E-state index < -0.39 is 0 Å². The molecule has 2 aromatic carbocycles. The summed E-state index contributed by atoms with van der Waals surface area (Å²) in [5.41, 5.74) is 4.05. The molecule has 29 heavy (non-hydrogen) atoms. The number of pyridine rings is 1. The van der Waals surface area contributed by atoms with Gasteiger partial charge in [0.1, 0.15) is 5.69 Å². The third-order valence-corrected chi connectivity index (χ3v) is 5.72. The van der Waals surface area contributed by atoms with E-state index in [1.807, 2.05) is 78.7 Å². The molecule has 4 nitrogen and oxygen atoms in total. The average molecular weight is 400 g/mol. The molecule has 4 rings (SSSR count). The lowest BCUT2D eigenvalue weighted by atomic mass is 10.1. The average Bonchev–Trinajstić information content (AvgIpc) is 2.79. The normalized spacial score (nSPS) is 13.3. The first-order chi connectivity index (χ1) is 14.3. The molecule has 0 unspecified atom stereocenters. The van der Waals surface area contributed by atoms with Gasteiger partial charge in [-0.25, -0.2) is 4.98 Å². The van der Waals surface area contributed by atoms with Gasteiger partial charge in [0.2, 0.25) is 0 Å². The van der Waals surface area contributed by atoms with Crippen LogP contribution in [0.25, 0.3) is 0 Å². The summed E-state index contributed by atoms with van der Waals surface area (Å²) in [6.07, 6.45) is 4.21. The van der Waals surface area contributed by atoms with E-state index in [0.717, 1.165) is 29.2 Å². The molecule has 3 aromatic rings. The number of hydrogen-bond acceptors (Lipinski definition) is 4. The number of anilines is 2. The van der Waals surface area contributed by atoms with Gasteiger partial charge in [0.05, 0.1) is 0 Å². The molecule has 0 atom stereocenters. The van der Waals surface area contributed by atoms with Crippen molar-refractivity contribution in [3.63, 3.8) is 0 Å². The van der Waals surface area contributed by atoms with Gasteiger partial charge >= 0.3 is 0 Å². The third kappa shape index (κ3) is 5.18. The Morgan fingerprint density at radius 3 is 2.66 bits per heavy atom. The lowest BCUT2D eigenvalue weighted by molar-refractivity contribution is 0.102. The topological polar surface area (TPSA) is 45.2 Å². The minimum absolute atomic E-state index is 0.127. The number of amides is 1. The van der Waals surface area contributed by atoms with E-state index in [0.29, 0.717) is 11.3 Å². The Hall–Kier alpha value is -3.23. The Bertz CT molecular complexity index is 1030. The Labute approximate surface area is 175 Å². The van der Waals surface area contributed by atoms with Gasteiger partial charge in [-0.3, -0.25) is 4.79 Å². The first-order valence-electron chi connectivity index (χ1n) is 9.63. The van der Waals surface area contributed by atoms with Crippen LogP contribution in [0.3, 0.4) is 0 Å². The van der Waals surface area contributed by atoms with Crippen LogP contribution in [0.5, 0.6) is 0 Å². The van der Waals surface area contributed by atoms with Crippen molar-refractivity contribution in [2.75, 3.05) is 21.9 Å². The van der Waals surface area contributed by atoms with E-state index in [1.54, 1.807) is 6.20 Å². The van der Waals surface area contributed by atoms with Crippen LogP contribution in [-0.4, -0.2) is 23.2 Å². The Kier molecular flexibility index (Phi) is 6.13.